The summed E-state index contributed by atoms with van der Waals surface area (Å²) in [6.45, 7) is 2.57. The minimum atomic E-state index is 0.615. The van der Waals surface area contributed by atoms with Gasteiger partial charge in [0.25, 0.3) is 0 Å². The second-order valence-electron chi connectivity index (χ2n) is 2.74. The van der Waals surface area contributed by atoms with Crippen molar-refractivity contribution in [1.82, 2.24) is 0 Å². The van der Waals surface area contributed by atoms with Gasteiger partial charge >= 0.3 is 0 Å². The van der Waals surface area contributed by atoms with Crippen molar-refractivity contribution in [2.45, 2.75) is 6.92 Å². The maximum Gasteiger partial charge on any atom is 0.164 e. The van der Waals surface area contributed by atoms with Crippen LogP contribution in [0.15, 0.2) is 36.2 Å². The predicted octanol–water partition coefficient (Wildman–Crippen LogP) is 2.14. The molecule has 0 unspecified atom stereocenters. The van der Waals surface area contributed by atoms with Crippen molar-refractivity contribution in [3.8, 4) is 0 Å². The fraction of sp³-hybridized carbons (Fsp3) is 0.200. The lowest BCUT2D eigenvalue weighted by atomic mass is 10.3. The van der Waals surface area contributed by atoms with E-state index >= 15 is 0 Å². The molecule has 1 heterocycles. The van der Waals surface area contributed by atoms with Crippen LogP contribution < -0.4 is 4.90 Å². The molecule has 1 aliphatic rings. The third-order valence-electron chi connectivity index (χ3n) is 1.79. The Morgan fingerprint density at radius 2 is 2.50 bits per heavy atom. The smallest absolute Gasteiger partial charge is 0.164 e. The Labute approximate surface area is 72.1 Å². The number of ether oxygens (including phenoxy) is 1. The first-order chi connectivity index (χ1) is 5.86. The van der Waals surface area contributed by atoms with Crippen LogP contribution in [0.25, 0.3) is 0 Å². The second-order valence-corrected chi connectivity index (χ2v) is 2.74. The normalized spacial score (nSPS) is 15.8. The standard InChI is InChI=1S/C10H10NO/c1-9-7-11(8-12-9)10-5-3-2-4-6-10/h2-3,5-7H,8H2,1H3. The van der Waals surface area contributed by atoms with E-state index in [1.807, 2.05) is 42.3 Å². The van der Waals surface area contributed by atoms with Gasteiger partial charge in [0.1, 0.15) is 5.76 Å². The summed E-state index contributed by atoms with van der Waals surface area (Å²) in [5, 5.41) is 0. The first-order valence-electron chi connectivity index (χ1n) is 3.90. The third kappa shape index (κ3) is 1.28. The molecule has 1 aromatic carbocycles. The lowest BCUT2D eigenvalue weighted by Crippen LogP contribution is -2.12. The van der Waals surface area contributed by atoms with Crippen LogP contribution in [0.3, 0.4) is 0 Å². The van der Waals surface area contributed by atoms with Gasteiger partial charge in [0.05, 0.1) is 0 Å². The van der Waals surface area contributed by atoms with Gasteiger partial charge < -0.3 is 9.64 Å². The first-order valence-corrected chi connectivity index (χ1v) is 3.90. The fourth-order valence-electron chi connectivity index (χ4n) is 1.18. The van der Waals surface area contributed by atoms with Gasteiger partial charge in [-0.25, -0.2) is 0 Å². The lowest BCUT2D eigenvalue weighted by molar-refractivity contribution is 0.247. The lowest BCUT2D eigenvalue weighted by Gasteiger charge is -2.12. The molecule has 0 aromatic heterocycles. The van der Waals surface area contributed by atoms with Crippen LogP contribution in [0.5, 0.6) is 0 Å². The molecule has 0 saturated heterocycles. The van der Waals surface area contributed by atoms with Crippen LogP contribution in [-0.4, -0.2) is 6.73 Å². The third-order valence-corrected chi connectivity index (χ3v) is 1.79. The summed E-state index contributed by atoms with van der Waals surface area (Å²) in [7, 11) is 0. The van der Waals surface area contributed by atoms with Crippen molar-refractivity contribution >= 4 is 5.69 Å². The van der Waals surface area contributed by atoms with E-state index in [9.17, 15) is 0 Å². The highest BCUT2D eigenvalue weighted by atomic mass is 16.5. The van der Waals surface area contributed by atoms with Gasteiger partial charge in [-0.2, -0.15) is 0 Å². The second kappa shape index (κ2) is 2.89. The van der Waals surface area contributed by atoms with Gasteiger partial charge in [-0.3, -0.25) is 0 Å². The van der Waals surface area contributed by atoms with Crippen LogP contribution >= 0.6 is 0 Å². The summed E-state index contributed by atoms with van der Waals surface area (Å²) in [6.07, 6.45) is 1.99. The van der Waals surface area contributed by atoms with Crippen LogP contribution in [0.4, 0.5) is 5.69 Å². The molecule has 1 aromatic rings. The summed E-state index contributed by atoms with van der Waals surface area (Å²) in [5.41, 5.74) is 1.12. The van der Waals surface area contributed by atoms with E-state index in [2.05, 4.69) is 6.07 Å². The number of anilines is 1. The maximum atomic E-state index is 5.29. The molecule has 2 rings (SSSR count). The molecule has 0 fully saturated rings. The Bertz CT molecular complexity index is 292. The molecule has 0 saturated carbocycles. The van der Waals surface area contributed by atoms with Gasteiger partial charge in [-0.1, -0.05) is 12.1 Å². The topological polar surface area (TPSA) is 12.5 Å². The van der Waals surface area contributed by atoms with E-state index in [0.29, 0.717) is 6.73 Å². The van der Waals surface area contributed by atoms with E-state index in [0.717, 1.165) is 11.4 Å². The number of nitrogens with zero attached hydrogens (tertiary/aromatic N) is 1. The molecular formula is C10H10NO. The van der Waals surface area contributed by atoms with Crippen molar-refractivity contribution < 1.29 is 4.74 Å². The Hall–Kier alpha value is -1.44. The fourth-order valence-corrected chi connectivity index (χ4v) is 1.18. The van der Waals surface area contributed by atoms with Gasteiger partial charge in [0.15, 0.2) is 6.73 Å². The Kier molecular flexibility index (Phi) is 1.74. The maximum absolute atomic E-state index is 5.29. The van der Waals surface area contributed by atoms with Crippen molar-refractivity contribution in [1.29, 1.82) is 0 Å². The highest BCUT2D eigenvalue weighted by molar-refractivity contribution is 5.49. The Morgan fingerprint density at radius 3 is 3.08 bits per heavy atom. The highest BCUT2D eigenvalue weighted by Crippen LogP contribution is 2.19. The van der Waals surface area contributed by atoms with Gasteiger partial charge in [-0.15, -0.1) is 0 Å². The van der Waals surface area contributed by atoms with Crippen LogP contribution in [-0.2, 0) is 4.74 Å². The minimum absolute atomic E-state index is 0.615. The summed E-state index contributed by atoms with van der Waals surface area (Å²) in [6, 6.07) is 10.9. The highest BCUT2D eigenvalue weighted by Gasteiger charge is 2.10. The van der Waals surface area contributed by atoms with E-state index < -0.39 is 0 Å². The number of hydrogen-bond donors (Lipinski definition) is 0. The Morgan fingerprint density at radius 1 is 1.58 bits per heavy atom. The molecule has 2 nitrogen and oxygen atoms in total. The number of benzene rings is 1. The molecular weight excluding hydrogens is 150 g/mol. The van der Waals surface area contributed by atoms with Gasteiger partial charge in [0.2, 0.25) is 0 Å². The summed E-state index contributed by atoms with van der Waals surface area (Å²) in [4.78, 5) is 2.05. The largest absolute Gasteiger partial charge is 0.476 e. The summed E-state index contributed by atoms with van der Waals surface area (Å²) in [5.74, 6) is 0.957. The summed E-state index contributed by atoms with van der Waals surface area (Å²) >= 11 is 0. The number of hydrogen-bond acceptors (Lipinski definition) is 2. The van der Waals surface area contributed by atoms with E-state index in [4.69, 9.17) is 4.74 Å². The zero-order valence-electron chi connectivity index (χ0n) is 6.95. The first kappa shape index (κ1) is 7.22. The predicted molar refractivity (Wildman–Crippen MR) is 47.5 cm³/mol. The molecule has 2 heteroatoms. The number of allylic oxidation sites excluding steroid dienone is 1. The van der Waals surface area contributed by atoms with Crippen molar-refractivity contribution in [3.05, 3.63) is 42.3 Å². The molecule has 0 bridgehead atoms. The minimum Gasteiger partial charge on any atom is -0.476 e. The molecule has 61 valence electrons. The molecule has 1 aliphatic heterocycles. The van der Waals surface area contributed by atoms with Crippen LogP contribution in [0, 0.1) is 6.07 Å². The molecule has 0 N–H and O–H groups in total. The zero-order valence-corrected chi connectivity index (χ0v) is 6.95. The Balaban J connectivity index is 2.22. The number of rotatable bonds is 1. The summed E-state index contributed by atoms with van der Waals surface area (Å²) < 4.78 is 5.29. The molecule has 0 amide bonds. The molecule has 0 spiro atoms. The van der Waals surface area contributed by atoms with E-state index in [-0.39, 0.29) is 0 Å². The molecule has 1 radical (unpaired) electrons. The van der Waals surface area contributed by atoms with E-state index in [1.54, 1.807) is 0 Å². The average molecular weight is 160 g/mol. The SMILES string of the molecule is CC1=CN(c2c[c]ccc2)CO1. The van der Waals surface area contributed by atoms with Gasteiger partial charge in [0, 0.05) is 11.9 Å². The van der Waals surface area contributed by atoms with E-state index in [1.165, 1.54) is 0 Å². The molecule has 0 aliphatic carbocycles. The monoisotopic (exact) mass is 160 g/mol. The van der Waals surface area contributed by atoms with Crippen LogP contribution in [0.2, 0.25) is 0 Å². The van der Waals surface area contributed by atoms with Crippen molar-refractivity contribution in [3.63, 3.8) is 0 Å². The quantitative estimate of drug-likeness (QED) is 0.624. The van der Waals surface area contributed by atoms with Crippen molar-refractivity contribution in [2.75, 3.05) is 11.6 Å². The van der Waals surface area contributed by atoms with Crippen molar-refractivity contribution in [2.24, 2.45) is 0 Å². The zero-order chi connectivity index (χ0) is 8.39. The van der Waals surface area contributed by atoms with Gasteiger partial charge in [-0.05, 0) is 25.1 Å². The molecule has 0 atom stereocenters. The average Bonchev–Trinajstić information content (AvgIpc) is 2.54. The molecule has 12 heavy (non-hydrogen) atoms. The van der Waals surface area contributed by atoms with Crippen LogP contribution in [0.1, 0.15) is 6.92 Å².